The summed E-state index contributed by atoms with van der Waals surface area (Å²) < 4.78 is 49.6. The SMILES string of the molecule is CN(C(=O)OC(C)(C)C)c1cccc(S(=O)(=O)N(NC=O)c2cc(-c3cn(C)cn3)cc(Cl)c2F)c1. The summed E-state index contributed by atoms with van der Waals surface area (Å²) in [5.74, 6) is -1.07. The quantitative estimate of drug-likeness (QED) is 0.358. The van der Waals surface area contributed by atoms with Gasteiger partial charge in [-0.15, -0.1) is 0 Å². The first-order chi connectivity index (χ1) is 16.7. The van der Waals surface area contributed by atoms with Crippen LogP contribution < -0.4 is 14.7 Å². The maximum Gasteiger partial charge on any atom is 0.414 e. The topological polar surface area (TPSA) is 114 Å². The fraction of sp³-hybridized carbons (Fsp3) is 0.261. The van der Waals surface area contributed by atoms with Crippen LogP contribution in [0.5, 0.6) is 0 Å². The molecule has 192 valence electrons. The van der Waals surface area contributed by atoms with Crippen LogP contribution in [-0.4, -0.2) is 43.1 Å². The molecule has 0 unspecified atom stereocenters. The van der Waals surface area contributed by atoms with E-state index in [4.69, 9.17) is 16.3 Å². The highest BCUT2D eigenvalue weighted by molar-refractivity contribution is 7.92. The Morgan fingerprint density at radius 3 is 2.53 bits per heavy atom. The Morgan fingerprint density at radius 2 is 1.94 bits per heavy atom. The van der Waals surface area contributed by atoms with E-state index in [0.29, 0.717) is 15.7 Å². The number of benzene rings is 2. The highest BCUT2D eigenvalue weighted by Crippen LogP contribution is 2.34. The van der Waals surface area contributed by atoms with Crippen molar-refractivity contribution >= 4 is 45.5 Å². The van der Waals surface area contributed by atoms with Crippen molar-refractivity contribution in [2.45, 2.75) is 31.3 Å². The minimum atomic E-state index is -4.58. The van der Waals surface area contributed by atoms with Crippen LogP contribution in [0.15, 0.2) is 53.8 Å². The number of aryl methyl sites for hydroxylation is 1. The second-order valence-corrected chi connectivity index (χ2v) is 11.0. The molecule has 0 aliphatic heterocycles. The van der Waals surface area contributed by atoms with Crippen molar-refractivity contribution in [3.8, 4) is 11.3 Å². The van der Waals surface area contributed by atoms with Crippen LogP contribution in [-0.2, 0) is 26.6 Å². The van der Waals surface area contributed by atoms with Crippen LogP contribution >= 0.6 is 11.6 Å². The minimum Gasteiger partial charge on any atom is -0.443 e. The molecule has 0 bridgehead atoms. The fourth-order valence-corrected chi connectivity index (χ4v) is 4.66. The molecular formula is C23H25ClFN5O5S. The van der Waals surface area contributed by atoms with E-state index in [0.717, 1.165) is 4.90 Å². The van der Waals surface area contributed by atoms with E-state index in [9.17, 15) is 18.0 Å². The minimum absolute atomic E-state index is 0.0923. The van der Waals surface area contributed by atoms with Crippen molar-refractivity contribution in [1.82, 2.24) is 15.0 Å². The first-order valence-corrected chi connectivity index (χ1v) is 12.4. The number of rotatable bonds is 7. The van der Waals surface area contributed by atoms with E-state index in [1.807, 2.05) is 5.43 Å². The molecule has 0 saturated heterocycles. The van der Waals surface area contributed by atoms with Crippen molar-refractivity contribution in [3.63, 3.8) is 0 Å². The lowest BCUT2D eigenvalue weighted by Crippen LogP contribution is -2.43. The summed E-state index contributed by atoms with van der Waals surface area (Å²) in [6.45, 7) is 5.09. The lowest BCUT2D eigenvalue weighted by Gasteiger charge is -2.26. The number of imidazole rings is 1. The molecule has 1 aromatic heterocycles. The van der Waals surface area contributed by atoms with Crippen molar-refractivity contribution in [2.24, 2.45) is 7.05 Å². The molecule has 0 saturated carbocycles. The van der Waals surface area contributed by atoms with E-state index in [1.165, 1.54) is 49.8 Å². The molecule has 0 aliphatic rings. The number of nitrogens with one attached hydrogen (secondary N) is 1. The van der Waals surface area contributed by atoms with Gasteiger partial charge in [0.25, 0.3) is 10.0 Å². The molecule has 0 aliphatic carbocycles. The van der Waals surface area contributed by atoms with Crippen molar-refractivity contribution in [1.29, 1.82) is 0 Å². The zero-order valence-corrected chi connectivity index (χ0v) is 21.8. The van der Waals surface area contributed by atoms with Crippen LogP contribution in [0.2, 0.25) is 5.02 Å². The van der Waals surface area contributed by atoms with Gasteiger partial charge in [0.05, 0.1) is 21.9 Å². The molecule has 36 heavy (non-hydrogen) atoms. The Labute approximate surface area is 213 Å². The molecule has 0 radical (unpaired) electrons. The predicted octanol–water partition coefficient (Wildman–Crippen LogP) is 4.11. The normalized spacial score (nSPS) is 11.6. The third kappa shape index (κ3) is 5.77. The number of aromatic nitrogens is 2. The lowest BCUT2D eigenvalue weighted by molar-refractivity contribution is -0.109. The number of nitrogens with zero attached hydrogens (tertiary/aromatic N) is 4. The molecule has 2 aromatic carbocycles. The van der Waals surface area contributed by atoms with E-state index in [1.54, 1.807) is 38.6 Å². The number of anilines is 2. The fourth-order valence-electron chi connectivity index (χ4n) is 3.14. The molecular weight excluding hydrogens is 513 g/mol. The van der Waals surface area contributed by atoms with Crippen LogP contribution in [0.3, 0.4) is 0 Å². The average molecular weight is 538 g/mol. The van der Waals surface area contributed by atoms with Gasteiger partial charge in [0.1, 0.15) is 11.3 Å². The predicted molar refractivity (Wildman–Crippen MR) is 134 cm³/mol. The van der Waals surface area contributed by atoms with Gasteiger partial charge in [-0.05, 0) is 51.1 Å². The van der Waals surface area contributed by atoms with E-state index in [2.05, 4.69) is 4.98 Å². The van der Waals surface area contributed by atoms with Crippen molar-refractivity contribution < 1.29 is 27.1 Å². The molecule has 0 fully saturated rings. The summed E-state index contributed by atoms with van der Waals surface area (Å²) in [4.78, 5) is 28.8. The summed E-state index contributed by atoms with van der Waals surface area (Å²) >= 11 is 6.07. The Balaban J connectivity index is 2.08. The zero-order chi connectivity index (χ0) is 26.8. The number of carbonyl (C=O) groups excluding carboxylic acids is 2. The molecule has 1 heterocycles. The first-order valence-electron chi connectivity index (χ1n) is 10.5. The maximum absolute atomic E-state index is 15.1. The lowest BCUT2D eigenvalue weighted by atomic mass is 10.1. The Morgan fingerprint density at radius 1 is 1.25 bits per heavy atom. The maximum atomic E-state index is 15.1. The molecule has 3 rings (SSSR count). The molecule has 0 atom stereocenters. The molecule has 1 N–H and O–H groups in total. The van der Waals surface area contributed by atoms with Crippen LogP contribution in [0.4, 0.5) is 20.6 Å². The van der Waals surface area contributed by atoms with Crippen LogP contribution in [0.1, 0.15) is 20.8 Å². The summed E-state index contributed by atoms with van der Waals surface area (Å²) in [7, 11) is -1.43. The van der Waals surface area contributed by atoms with Crippen molar-refractivity contribution in [2.75, 3.05) is 16.4 Å². The number of amides is 2. The molecule has 0 spiro atoms. The Kier molecular flexibility index (Phi) is 7.60. The monoisotopic (exact) mass is 537 g/mol. The number of carbonyl (C=O) groups is 2. The molecule has 10 nitrogen and oxygen atoms in total. The van der Waals surface area contributed by atoms with Gasteiger partial charge >= 0.3 is 6.09 Å². The molecule has 3 aromatic rings. The summed E-state index contributed by atoms with van der Waals surface area (Å²) in [6, 6.07) is 7.83. The number of halogens is 2. The van der Waals surface area contributed by atoms with E-state index >= 15 is 4.39 Å². The van der Waals surface area contributed by atoms with Crippen molar-refractivity contribution in [3.05, 3.63) is 59.8 Å². The Bertz CT molecular complexity index is 1400. The summed E-state index contributed by atoms with van der Waals surface area (Å²) in [6.07, 6.45) is 2.53. The highest BCUT2D eigenvalue weighted by atomic mass is 35.5. The third-order valence-corrected chi connectivity index (χ3v) is 6.72. The zero-order valence-electron chi connectivity index (χ0n) is 20.2. The van der Waals surface area contributed by atoms with Gasteiger partial charge in [0.2, 0.25) is 6.41 Å². The number of hydrogen-bond acceptors (Lipinski definition) is 6. The van der Waals surface area contributed by atoms with Crippen LogP contribution in [0.25, 0.3) is 11.3 Å². The average Bonchev–Trinajstić information content (AvgIpc) is 3.24. The Hall–Kier alpha value is -3.64. The van der Waals surface area contributed by atoms with Gasteiger partial charge in [-0.1, -0.05) is 17.7 Å². The molecule has 13 heteroatoms. The largest absolute Gasteiger partial charge is 0.443 e. The second-order valence-electron chi connectivity index (χ2n) is 8.77. The van der Waals surface area contributed by atoms with Crippen LogP contribution in [0, 0.1) is 5.82 Å². The van der Waals surface area contributed by atoms with Gasteiger partial charge in [0, 0.05) is 31.5 Å². The first kappa shape index (κ1) is 27.0. The summed E-state index contributed by atoms with van der Waals surface area (Å²) in [5.41, 5.74) is 1.65. The van der Waals surface area contributed by atoms with Gasteiger partial charge < -0.3 is 9.30 Å². The van der Waals surface area contributed by atoms with Gasteiger partial charge in [-0.2, -0.15) is 12.8 Å². The molecule has 2 amide bonds. The number of hydrogen-bond donors (Lipinski definition) is 1. The van der Waals surface area contributed by atoms with E-state index in [-0.39, 0.29) is 22.0 Å². The summed E-state index contributed by atoms with van der Waals surface area (Å²) in [5, 5.41) is -0.375. The smallest absolute Gasteiger partial charge is 0.414 e. The van der Waals surface area contributed by atoms with E-state index < -0.39 is 33.2 Å². The van der Waals surface area contributed by atoms with Gasteiger partial charge in [0.15, 0.2) is 5.82 Å². The number of ether oxygens (including phenoxy) is 1. The number of sulfonamides is 1. The second kappa shape index (κ2) is 10.2. The number of hydrazine groups is 1. The van der Waals surface area contributed by atoms with Gasteiger partial charge in [-0.3, -0.25) is 15.1 Å². The standard InChI is InChI=1S/C23H25ClFN5O5S/c1-23(2,3)35-22(32)29(5)16-7-6-8-17(11-16)36(33,34)30(27-14-31)20-10-15(9-18(24)21(20)25)19-12-28(4)13-26-19/h6-14H,1-5H3,(H,27,31). The highest BCUT2D eigenvalue weighted by Gasteiger charge is 2.30. The van der Waals surface area contributed by atoms with Gasteiger partial charge in [-0.25, -0.2) is 14.2 Å². The third-order valence-electron chi connectivity index (χ3n) is 4.81.